The van der Waals surface area contributed by atoms with Crippen LogP contribution in [0.1, 0.15) is 25.6 Å². The highest BCUT2D eigenvalue weighted by molar-refractivity contribution is 5.82. The molecule has 5 nitrogen and oxygen atoms in total. The molecule has 0 saturated carbocycles. The zero-order valence-electron chi connectivity index (χ0n) is 11.2. The van der Waals surface area contributed by atoms with Crippen LogP contribution in [0.15, 0.2) is 12.3 Å². The number of nitrogens with one attached hydrogen (secondary N) is 1. The molecule has 0 spiro atoms. The van der Waals surface area contributed by atoms with Crippen LogP contribution in [-0.2, 0) is 11.2 Å². The fourth-order valence-corrected chi connectivity index (χ4v) is 2.14. The molecule has 1 N–H and O–H groups in total. The number of nitrogens with zero attached hydrogens (tertiary/aromatic N) is 3. The summed E-state index contributed by atoms with van der Waals surface area (Å²) in [6, 6.07) is 2.29. The van der Waals surface area contributed by atoms with Crippen molar-refractivity contribution in [3.8, 4) is 0 Å². The summed E-state index contributed by atoms with van der Waals surface area (Å²) in [5.74, 6) is 0.255. The molecule has 1 aliphatic heterocycles. The van der Waals surface area contributed by atoms with Crippen molar-refractivity contribution in [3.63, 3.8) is 0 Å². The van der Waals surface area contributed by atoms with E-state index in [0.717, 1.165) is 31.9 Å². The molecule has 0 bridgehead atoms. The van der Waals surface area contributed by atoms with Crippen molar-refractivity contribution < 1.29 is 4.79 Å². The molecule has 0 radical (unpaired) electrons. The molecule has 1 aliphatic rings. The monoisotopic (exact) mass is 250 g/mol. The number of piperazine rings is 1. The molecule has 1 fully saturated rings. The Morgan fingerprint density at radius 3 is 2.78 bits per heavy atom. The van der Waals surface area contributed by atoms with Gasteiger partial charge in [0.05, 0.1) is 18.7 Å². The number of carbonyl (C=O) groups excluding carboxylic acids is 1. The van der Waals surface area contributed by atoms with E-state index >= 15 is 0 Å². The third-order valence-electron chi connectivity index (χ3n) is 3.18. The third kappa shape index (κ3) is 3.65. The van der Waals surface area contributed by atoms with Crippen LogP contribution in [0.25, 0.3) is 0 Å². The van der Waals surface area contributed by atoms with Crippen LogP contribution in [0.5, 0.6) is 0 Å². The molecule has 1 saturated heterocycles. The van der Waals surface area contributed by atoms with E-state index in [0.29, 0.717) is 19.0 Å². The van der Waals surface area contributed by atoms with E-state index in [9.17, 15) is 4.79 Å². The fourth-order valence-electron chi connectivity index (χ4n) is 2.14. The van der Waals surface area contributed by atoms with Crippen molar-refractivity contribution in [1.82, 2.24) is 20.0 Å². The van der Waals surface area contributed by atoms with Gasteiger partial charge >= 0.3 is 0 Å². The summed E-state index contributed by atoms with van der Waals surface area (Å²) in [7, 11) is 0. The number of aromatic nitrogens is 2. The second-order valence-electron chi connectivity index (χ2n) is 5.12. The summed E-state index contributed by atoms with van der Waals surface area (Å²) >= 11 is 0. The van der Waals surface area contributed by atoms with Gasteiger partial charge in [-0.15, -0.1) is 0 Å². The van der Waals surface area contributed by atoms with E-state index in [-0.39, 0.29) is 5.78 Å². The Kier molecular flexibility index (Phi) is 4.49. The van der Waals surface area contributed by atoms with Crippen molar-refractivity contribution in [3.05, 3.63) is 18.0 Å². The van der Waals surface area contributed by atoms with E-state index in [1.54, 1.807) is 0 Å². The van der Waals surface area contributed by atoms with Gasteiger partial charge in [0, 0.05) is 38.4 Å². The maximum absolute atomic E-state index is 11.9. The van der Waals surface area contributed by atoms with Crippen molar-refractivity contribution in [2.45, 2.75) is 26.3 Å². The number of rotatable bonds is 5. The average Bonchev–Trinajstić information content (AvgIpc) is 2.78. The second-order valence-corrected chi connectivity index (χ2v) is 5.12. The van der Waals surface area contributed by atoms with Crippen LogP contribution < -0.4 is 5.32 Å². The minimum atomic E-state index is 0.255. The minimum Gasteiger partial charge on any atom is -0.314 e. The largest absolute Gasteiger partial charge is 0.314 e. The first-order valence-corrected chi connectivity index (χ1v) is 6.64. The molecule has 1 aromatic rings. The highest BCUT2D eigenvalue weighted by atomic mass is 16.1. The lowest BCUT2D eigenvalue weighted by Gasteiger charge is -2.26. The summed E-state index contributed by atoms with van der Waals surface area (Å²) in [6.07, 6.45) is 2.39. The van der Waals surface area contributed by atoms with Gasteiger partial charge in [0.15, 0.2) is 5.78 Å². The Morgan fingerprint density at radius 1 is 1.44 bits per heavy atom. The van der Waals surface area contributed by atoms with Gasteiger partial charge in [-0.1, -0.05) is 0 Å². The zero-order chi connectivity index (χ0) is 13.0. The van der Waals surface area contributed by atoms with Gasteiger partial charge in [-0.25, -0.2) is 0 Å². The van der Waals surface area contributed by atoms with E-state index in [1.807, 2.05) is 16.9 Å². The van der Waals surface area contributed by atoms with Gasteiger partial charge in [-0.2, -0.15) is 5.10 Å². The minimum absolute atomic E-state index is 0.255. The number of carbonyl (C=O) groups is 1. The van der Waals surface area contributed by atoms with Crippen molar-refractivity contribution in [2.24, 2.45) is 0 Å². The lowest BCUT2D eigenvalue weighted by molar-refractivity contribution is -0.119. The van der Waals surface area contributed by atoms with E-state index in [4.69, 9.17) is 0 Å². The quantitative estimate of drug-likeness (QED) is 0.826. The smallest absolute Gasteiger partial charge is 0.152 e. The summed E-state index contributed by atoms with van der Waals surface area (Å²) < 4.78 is 1.90. The molecule has 1 aromatic heterocycles. The molecule has 0 aliphatic carbocycles. The molecule has 100 valence electrons. The summed E-state index contributed by atoms with van der Waals surface area (Å²) in [4.78, 5) is 14.2. The number of ketones is 1. The maximum Gasteiger partial charge on any atom is 0.152 e. The average molecular weight is 250 g/mol. The molecular formula is C13H22N4O. The molecule has 5 heteroatoms. The Balaban J connectivity index is 1.82. The topological polar surface area (TPSA) is 50.2 Å². The first-order chi connectivity index (χ1) is 8.65. The Labute approximate surface area is 108 Å². The second kappa shape index (κ2) is 6.11. The van der Waals surface area contributed by atoms with E-state index in [2.05, 4.69) is 29.2 Å². The van der Waals surface area contributed by atoms with Gasteiger partial charge < -0.3 is 5.32 Å². The number of hydrogen-bond acceptors (Lipinski definition) is 4. The van der Waals surface area contributed by atoms with E-state index < -0.39 is 0 Å². The van der Waals surface area contributed by atoms with Gasteiger partial charge in [0.1, 0.15) is 0 Å². The van der Waals surface area contributed by atoms with Crippen LogP contribution in [0, 0.1) is 0 Å². The molecule has 0 unspecified atom stereocenters. The van der Waals surface area contributed by atoms with Gasteiger partial charge in [0.25, 0.3) is 0 Å². The Bertz CT molecular complexity index is 393. The van der Waals surface area contributed by atoms with Gasteiger partial charge in [-0.05, 0) is 19.9 Å². The number of hydrogen-bond donors (Lipinski definition) is 1. The molecular weight excluding hydrogens is 228 g/mol. The van der Waals surface area contributed by atoms with Crippen LogP contribution in [0.2, 0.25) is 0 Å². The predicted molar refractivity (Wildman–Crippen MR) is 70.6 cm³/mol. The summed E-state index contributed by atoms with van der Waals surface area (Å²) in [5, 5.41) is 7.69. The van der Waals surface area contributed by atoms with Crippen LogP contribution in [0.4, 0.5) is 0 Å². The standard InChI is InChI=1S/C13H22N4O/c1-11(2)17-6-3-12(15-17)9-13(18)10-16-7-4-14-5-8-16/h3,6,11,14H,4-5,7-10H2,1-2H3. The maximum atomic E-state index is 11.9. The van der Waals surface area contributed by atoms with Crippen molar-refractivity contribution >= 4 is 5.78 Å². The normalized spacial score (nSPS) is 17.3. The van der Waals surface area contributed by atoms with Crippen molar-refractivity contribution in [1.29, 1.82) is 0 Å². The molecule has 2 heterocycles. The molecule has 2 rings (SSSR count). The summed E-state index contributed by atoms with van der Waals surface area (Å²) in [5.41, 5.74) is 0.879. The molecule has 0 amide bonds. The summed E-state index contributed by atoms with van der Waals surface area (Å²) in [6.45, 7) is 8.61. The first kappa shape index (κ1) is 13.2. The lowest BCUT2D eigenvalue weighted by atomic mass is 10.2. The fraction of sp³-hybridized carbons (Fsp3) is 0.692. The predicted octanol–water partition coefficient (Wildman–Crippen LogP) is 0.481. The lowest BCUT2D eigenvalue weighted by Crippen LogP contribution is -2.45. The molecule has 0 aromatic carbocycles. The Morgan fingerprint density at radius 2 is 2.17 bits per heavy atom. The SMILES string of the molecule is CC(C)n1ccc(CC(=O)CN2CCNCC2)n1. The van der Waals surface area contributed by atoms with Crippen LogP contribution in [0.3, 0.4) is 0 Å². The highest BCUT2D eigenvalue weighted by Crippen LogP contribution is 2.05. The zero-order valence-corrected chi connectivity index (χ0v) is 11.2. The van der Waals surface area contributed by atoms with Crippen molar-refractivity contribution in [2.75, 3.05) is 32.7 Å². The van der Waals surface area contributed by atoms with E-state index in [1.165, 1.54) is 0 Å². The van der Waals surface area contributed by atoms with Gasteiger partial charge in [-0.3, -0.25) is 14.4 Å². The molecule has 0 atom stereocenters. The third-order valence-corrected chi connectivity index (χ3v) is 3.18. The first-order valence-electron chi connectivity index (χ1n) is 6.64. The highest BCUT2D eigenvalue weighted by Gasteiger charge is 2.14. The number of Topliss-reactive ketones (excluding diaryl/α,β-unsaturated/α-hetero) is 1. The Hall–Kier alpha value is -1.20. The molecule has 18 heavy (non-hydrogen) atoms. The van der Waals surface area contributed by atoms with Crippen LogP contribution in [-0.4, -0.2) is 53.2 Å². The van der Waals surface area contributed by atoms with Crippen LogP contribution >= 0.6 is 0 Å². The van der Waals surface area contributed by atoms with Gasteiger partial charge in [0.2, 0.25) is 0 Å².